The highest BCUT2D eigenvalue weighted by molar-refractivity contribution is 7.15. The van der Waals surface area contributed by atoms with Gasteiger partial charge in [-0.25, -0.2) is 4.98 Å². The molecule has 0 spiro atoms. The van der Waals surface area contributed by atoms with Crippen LogP contribution in [0.4, 0.5) is 5.13 Å². The molecule has 0 atom stereocenters. The topological polar surface area (TPSA) is 24.9 Å². The third kappa shape index (κ3) is 2.56. The van der Waals surface area contributed by atoms with Crippen molar-refractivity contribution in [2.24, 2.45) is 0 Å². The SMILES string of the molecule is CCc1sc(NCc2ccccc2)nc1C1CC1. The standard InChI is InChI=1S/C15H18N2S/c1-2-13-14(12-8-9-12)17-15(18-13)16-10-11-6-4-3-5-7-11/h3-7,12H,2,8-10H2,1H3,(H,16,17). The molecule has 1 aromatic heterocycles. The molecule has 1 heterocycles. The van der Waals surface area contributed by atoms with Gasteiger partial charge in [0.2, 0.25) is 0 Å². The van der Waals surface area contributed by atoms with E-state index in [1.54, 1.807) is 0 Å². The van der Waals surface area contributed by atoms with E-state index >= 15 is 0 Å². The molecular formula is C15H18N2S. The first-order chi connectivity index (χ1) is 8.86. The van der Waals surface area contributed by atoms with Crippen molar-refractivity contribution in [2.45, 2.75) is 38.6 Å². The van der Waals surface area contributed by atoms with Crippen LogP contribution in [0, 0.1) is 0 Å². The Bertz CT molecular complexity index is 515. The predicted molar refractivity (Wildman–Crippen MR) is 77.2 cm³/mol. The van der Waals surface area contributed by atoms with Crippen molar-refractivity contribution >= 4 is 16.5 Å². The molecule has 0 saturated heterocycles. The van der Waals surface area contributed by atoms with Gasteiger partial charge in [0, 0.05) is 17.3 Å². The Kier molecular flexibility index (Phi) is 3.33. The molecule has 1 aliphatic rings. The summed E-state index contributed by atoms with van der Waals surface area (Å²) in [4.78, 5) is 6.23. The summed E-state index contributed by atoms with van der Waals surface area (Å²) < 4.78 is 0. The fourth-order valence-electron chi connectivity index (χ4n) is 2.14. The highest BCUT2D eigenvalue weighted by Crippen LogP contribution is 2.43. The monoisotopic (exact) mass is 258 g/mol. The van der Waals surface area contributed by atoms with Gasteiger partial charge in [0.15, 0.2) is 5.13 Å². The number of hydrogen-bond donors (Lipinski definition) is 1. The van der Waals surface area contributed by atoms with Crippen LogP contribution >= 0.6 is 11.3 Å². The average molecular weight is 258 g/mol. The van der Waals surface area contributed by atoms with Crippen molar-refractivity contribution in [3.8, 4) is 0 Å². The first-order valence-corrected chi connectivity index (χ1v) is 7.46. The molecule has 1 saturated carbocycles. The van der Waals surface area contributed by atoms with Crippen molar-refractivity contribution in [1.82, 2.24) is 4.98 Å². The van der Waals surface area contributed by atoms with Gasteiger partial charge in [0.05, 0.1) is 5.69 Å². The van der Waals surface area contributed by atoms with Crippen LogP contribution in [0.15, 0.2) is 30.3 Å². The van der Waals surface area contributed by atoms with Gasteiger partial charge in [-0.2, -0.15) is 0 Å². The Morgan fingerprint density at radius 1 is 1.28 bits per heavy atom. The van der Waals surface area contributed by atoms with Crippen LogP contribution in [0.1, 0.15) is 41.8 Å². The molecule has 1 aliphatic carbocycles. The molecule has 0 radical (unpaired) electrons. The Labute approximate surface area is 112 Å². The Hall–Kier alpha value is -1.35. The van der Waals surface area contributed by atoms with Crippen LogP contribution in [0.25, 0.3) is 0 Å². The molecule has 3 heteroatoms. The van der Waals surface area contributed by atoms with Crippen molar-refractivity contribution in [2.75, 3.05) is 5.32 Å². The molecule has 94 valence electrons. The number of nitrogens with one attached hydrogen (secondary N) is 1. The third-order valence-electron chi connectivity index (χ3n) is 3.30. The van der Waals surface area contributed by atoms with Crippen molar-refractivity contribution in [3.05, 3.63) is 46.5 Å². The molecule has 3 rings (SSSR count). The minimum atomic E-state index is 0.753. The lowest BCUT2D eigenvalue weighted by molar-refractivity contribution is 0.991. The fraction of sp³-hybridized carbons (Fsp3) is 0.400. The van der Waals surface area contributed by atoms with E-state index in [4.69, 9.17) is 4.98 Å². The number of hydrogen-bond acceptors (Lipinski definition) is 3. The summed E-state index contributed by atoms with van der Waals surface area (Å²) in [5, 5.41) is 4.53. The van der Waals surface area contributed by atoms with Gasteiger partial charge in [-0.05, 0) is 24.8 Å². The summed E-state index contributed by atoms with van der Waals surface area (Å²) in [6, 6.07) is 10.5. The highest BCUT2D eigenvalue weighted by atomic mass is 32.1. The molecule has 2 nitrogen and oxygen atoms in total. The summed E-state index contributed by atoms with van der Waals surface area (Å²) in [6.45, 7) is 3.09. The molecule has 1 aromatic carbocycles. The highest BCUT2D eigenvalue weighted by Gasteiger charge is 2.28. The van der Waals surface area contributed by atoms with Crippen LogP contribution in [0.5, 0.6) is 0 Å². The van der Waals surface area contributed by atoms with Crippen LogP contribution in [-0.4, -0.2) is 4.98 Å². The molecule has 2 aromatic rings. The largest absolute Gasteiger partial charge is 0.357 e. The van der Waals surface area contributed by atoms with Gasteiger partial charge >= 0.3 is 0 Å². The van der Waals surface area contributed by atoms with Crippen molar-refractivity contribution in [3.63, 3.8) is 0 Å². The number of anilines is 1. The minimum absolute atomic E-state index is 0.753. The first-order valence-electron chi connectivity index (χ1n) is 6.64. The van der Waals surface area contributed by atoms with Gasteiger partial charge in [0.1, 0.15) is 0 Å². The molecule has 0 bridgehead atoms. The lowest BCUT2D eigenvalue weighted by Gasteiger charge is -2.01. The van der Waals surface area contributed by atoms with Gasteiger partial charge in [-0.1, -0.05) is 37.3 Å². The summed E-state index contributed by atoms with van der Waals surface area (Å²) >= 11 is 1.82. The van der Waals surface area contributed by atoms with E-state index in [1.807, 2.05) is 17.4 Å². The average Bonchev–Trinajstić information content (AvgIpc) is 3.18. The van der Waals surface area contributed by atoms with E-state index in [0.29, 0.717) is 0 Å². The zero-order valence-electron chi connectivity index (χ0n) is 10.6. The second-order valence-electron chi connectivity index (χ2n) is 4.79. The fourth-order valence-corrected chi connectivity index (χ4v) is 3.12. The molecule has 0 amide bonds. The summed E-state index contributed by atoms with van der Waals surface area (Å²) in [7, 11) is 0. The molecular weight excluding hydrogens is 240 g/mol. The quantitative estimate of drug-likeness (QED) is 0.869. The zero-order chi connectivity index (χ0) is 12.4. The van der Waals surface area contributed by atoms with Gasteiger partial charge < -0.3 is 5.32 Å². The van der Waals surface area contributed by atoms with E-state index in [0.717, 1.165) is 24.0 Å². The maximum atomic E-state index is 4.77. The van der Waals surface area contributed by atoms with Crippen LogP contribution in [0.2, 0.25) is 0 Å². The Morgan fingerprint density at radius 3 is 2.72 bits per heavy atom. The normalized spacial score (nSPS) is 14.7. The summed E-state index contributed by atoms with van der Waals surface area (Å²) in [5.41, 5.74) is 2.66. The molecule has 0 unspecified atom stereocenters. The number of thiazole rings is 1. The van der Waals surface area contributed by atoms with E-state index in [-0.39, 0.29) is 0 Å². The van der Waals surface area contributed by atoms with Gasteiger partial charge in [-0.15, -0.1) is 11.3 Å². The number of aromatic nitrogens is 1. The van der Waals surface area contributed by atoms with E-state index in [2.05, 4.69) is 36.5 Å². The van der Waals surface area contributed by atoms with Crippen LogP contribution < -0.4 is 5.32 Å². The van der Waals surface area contributed by atoms with Crippen LogP contribution in [-0.2, 0) is 13.0 Å². The summed E-state index contributed by atoms with van der Waals surface area (Å²) in [6.07, 6.45) is 3.76. The second-order valence-corrected chi connectivity index (χ2v) is 5.88. The predicted octanol–water partition coefficient (Wildman–Crippen LogP) is 4.20. The lowest BCUT2D eigenvalue weighted by Crippen LogP contribution is -1.98. The number of nitrogens with zero attached hydrogens (tertiary/aromatic N) is 1. The maximum absolute atomic E-state index is 4.77. The van der Waals surface area contributed by atoms with E-state index in [9.17, 15) is 0 Å². The van der Waals surface area contributed by atoms with E-state index in [1.165, 1.54) is 29.0 Å². The molecule has 0 aliphatic heterocycles. The Balaban J connectivity index is 1.69. The van der Waals surface area contributed by atoms with Gasteiger partial charge in [0.25, 0.3) is 0 Å². The maximum Gasteiger partial charge on any atom is 0.183 e. The second kappa shape index (κ2) is 5.11. The molecule has 1 fully saturated rings. The van der Waals surface area contributed by atoms with Gasteiger partial charge in [-0.3, -0.25) is 0 Å². The first kappa shape index (κ1) is 11.7. The zero-order valence-corrected chi connectivity index (χ0v) is 11.5. The number of aryl methyl sites for hydroxylation is 1. The lowest BCUT2D eigenvalue weighted by atomic mass is 10.2. The molecule has 18 heavy (non-hydrogen) atoms. The molecule has 1 N–H and O–H groups in total. The number of benzene rings is 1. The minimum Gasteiger partial charge on any atom is -0.357 e. The third-order valence-corrected chi connectivity index (χ3v) is 4.47. The van der Waals surface area contributed by atoms with E-state index < -0.39 is 0 Å². The van der Waals surface area contributed by atoms with Crippen molar-refractivity contribution in [1.29, 1.82) is 0 Å². The van der Waals surface area contributed by atoms with Crippen molar-refractivity contribution < 1.29 is 0 Å². The smallest absolute Gasteiger partial charge is 0.183 e. The Morgan fingerprint density at radius 2 is 2.06 bits per heavy atom. The summed E-state index contributed by atoms with van der Waals surface area (Å²) in [5.74, 6) is 0.753. The number of rotatable bonds is 5. The van der Waals surface area contributed by atoms with Crippen LogP contribution in [0.3, 0.4) is 0 Å².